The molecule has 0 heterocycles. The first-order valence-corrected chi connectivity index (χ1v) is 7.09. The molecule has 0 saturated heterocycles. The van der Waals surface area contributed by atoms with Gasteiger partial charge in [0, 0.05) is 24.8 Å². The molecular weight excluding hydrogens is 220 g/mol. The first-order valence-electron chi connectivity index (χ1n) is 7.09. The monoisotopic (exact) mass is 246 g/mol. The lowest BCUT2D eigenvalue weighted by atomic mass is 9.90. The molecule has 0 radical (unpaired) electrons. The number of hydrogen-bond donors (Lipinski definition) is 1. The fourth-order valence-electron chi connectivity index (χ4n) is 3.05. The Bertz CT molecular complexity index is 392. The Morgan fingerprint density at radius 3 is 2.39 bits per heavy atom. The summed E-state index contributed by atoms with van der Waals surface area (Å²) in [4.78, 5) is 2.49. The van der Waals surface area contributed by atoms with Gasteiger partial charge in [-0.05, 0) is 63.8 Å². The van der Waals surface area contributed by atoms with E-state index in [1.165, 1.54) is 42.5 Å². The van der Waals surface area contributed by atoms with E-state index in [4.69, 9.17) is 0 Å². The fourth-order valence-corrected chi connectivity index (χ4v) is 3.05. The SMILES string of the molecule is CNC1CCC(N(C)c2cc(C)ccc2C)CC1. The van der Waals surface area contributed by atoms with Gasteiger partial charge >= 0.3 is 0 Å². The van der Waals surface area contributed by atoms with Crippen LogP contribution in [0.1, 0.15) is 36.8 Å². The number of aryl methyl sites for hydroxylation is 2. The van der Waals surface area contributed by atoms with Crippen LogP contribution in [0.5, 0.6) is 0 Å². The van der Waals surface area contributed by atoms with E-state index in [1.54, 1.807) is 0 Å². The zero-order valence-corrected chi connectivity index (χ0v) is 12.2. The van der Waals surface area contributed by atoms with Gasteiger partial charge in [-0.3, -0.25) is 0 Å². The first kappa shape index (κ1) is 13.4. The Labute approximate surface area is 111 Å². The minimum Gasteiger partial charge on any atom is -0.371 e. The Balaban J connectivity index is 2.07. The Hall–Kier alpha value is -1.02. The molecule has 18 heavy (non-hydrogen) atoms. The standard InChI is InChI=1S/C16H26N2/c1-12-5-6-13(2)16(11-12)18(4)15-9-7-14(17-3)8-10-15/h5-6,11,14-15,17H,7-10H2,1-4H3. The molecule has 1 aromatic carbocycles. The molecule has 0 atom stereocenters. The van der Waals surface area contributed by atoms with Gasteiger partial charge in [0.05, 0.1) is 0 Å². The van der Waals surface area contributed by atoms with E-state index in [2.05, 4.69) is 56.4 Å². The van der Waals surface area contributed by atoms with Crippen LogP contribution < -0.4 is 10.2 Å². The van der Waals surface area contributed by atoms with Gasteiger partial charge in [0.15, 0.2) is 0 Å². The third-order valence-corrected chi connectivity index (χ3v) is 4.40. The molecule has 2 heteroatoms. The van der Waals surface area contributed by atoms with Crippen LogP contribution in [0.15, 0.2) is 18.2 Å². The van der Waals surface area contributed by atoms with Crippen LogP contribution in [-0.2, 0) is 0 Å². The van der Waals surface area contributed by atoms with Gasteiger partial charge in [0.25, 0.3) is 0 Å². The van der Waals surface area contributed by atoms with Crippen molar-refractivity contribution in [3.05, 3.63) is 29.3 Å². The zero-order valence-electron chi connectivity index (χ0n) is 12.2. The maximum absolute atomic E-state index is 3.41. The summed E-state index contributed by atoms with van der Waals surface area (Å²) in [6, 6.07) is 8.19. The average Bonchev–Trinajstić information content (AvgIpc) is 2.41. The minimum absolute atomic E-state index is 0.704. The average molecular weight is 246 g/mol. The van der Waals surface area contributed by atoms with Crippen LogP contribution in [0.3, 0.4) is 0 Å². The number of nitrogens with one attached hydrogen (secondary N) is 1. The van der Waals surface area contributed by atoms with Crippen LogP contribution in [0, 0.1) is 13.8 Å². The van der Waals surface area contributed by atoms with E-state index in [9.17, 15) is 0 Å². The van der Waals surface area contributed by atoms with Crippen LogP contribution in [-0.4, -0.2) is 26.2 Å². The summed E-state index contributed by atoms with van der Waals surface area (Å²) in [5.41, 5.74) is 4.15. The number of nitrogens with zero attached hydrogens (tertiary/aromatic N) is 1. The third kappa shape index (κ3) is 2.86. The number of hydrogen-bond acceptors (Lipinski definition) is 2. The minimum atomic E-state index is 0.704. The summed E-state index contributed by atoms with van der Waals surface area (Å²) in [6.07, 6.45) is 5.21. The van der Waals surface area contributed by atoms with Crippen molar-refractivity contribution in [2.45, 2.75) is 51.6 Å². The van der Waals surface area contributed by atoms with Crippen molar-refractivity contribution in [1.82, 2.24) is 5.32 Å². The van der Waals surface area contributed by atoms with E-state index in [1.807, 2.05) is 0 Å². The molecule has 0 spiro atoms. The number of benzene rings is 1. The van der Waals surface area contributed by atoms with Crippen molar-refractivity contribution in [3.63, 3.8) is 0 Å². The summed E-state index contributed by atoms with van der Waals surface area (Å²) < 4.78 is 0. The summed E-state index contributed by atoms with van der Waals surface area (Å²) in [5.74, 6) is 0. The Kier molecular flexibility index (Phi) is 4.28. The highest BCUT2D eigenvalue weighted by molar-refractivity contribution is 5.55. The van der Waals surface area contributed by atoms with Crippen LogP contribution in [0.4, 0.5) is 5.69 Å². The van der Waals surface area contributed by atoms with E-state index >= 15 is 0 Å². The predicted molar refractivity (Wildman–Crippen MR) is 79.4 cm³/mol. The topological polar surface area (TPSA) is 15.3 Å². The van der Waals surface area contributed by atoms with E-state index in [0.29, 0.717) is 6.04 Å². The van der Waals surface area contributed by atoms with Crippen molar-refractivity contribution in [2.75, 3.05) is 19.0 Å². The summed E-state index contributed by atoms with van der Waals surface area (Å²) >= 11 is 0. The second kappa shape index (κ2) is 5.75. The van der Waals surface area contributed by atoms with Gasteiger partial charge in [-0.25, -0.2) is 0 Å². The lowest BCUT2D eigenvalue weighted by molar-refractivity contribution is 0.351. The molecule has 100 valence electrons. The van der Waals surface area contributed by atoms with Crippen LogP contribution >= 0.6 is 0 Å². The molecule has 0 aliphatic heterocycles. The van der Waals surface area contributed by atoms with Gasteiger partial charge in [-0.1, -0.05) is 12.1 Å². The molecule has 0 amide bonds. The summed E-state index contributed by atoms with van der Waals surface area (Å²) in [6.45, 7) is 4.39. The van der Waals surface area contributed by atoms with Crippen molar-refractivity contribution in [1.29, 1.82) is 0 Å². The highest BCUT2D eigenvalue weighted by Gasteiger charge is 2.23. The zero-order chi connectivity index (χ0) is 13.1. The molecule has 1 fully saturated rings. The quantitative estimate of drug-likeness (QED) is 0.880. The number of anilines is 1. The molecule has 1 aromatic rings. The highest BCUT2D eigenvalue weighted by atomic mass is 15.1. The van der Waals surface area contributed by atoms with Gasteiger partial charge in [-0.2, -0.15) is 0 Å². The second-order valence-electron chi connectivity index (χ2n) is 5.69. The van der Waals surface area contributed by atoms with Gasteiger partial charge in [0.2, 0.25) is 0 Å². The molecule has 1 aliphatic rings. The molecule has 1 saturated carbocycles. The molecule has 1 N–H and O–H groups in total. The van der Waals surface area contributed by atoms with Crippen molar-refractivity contribution >= 4 is 5.69 Å². The predicted octanol–water partition coefficient (Wildman–Crippen LogP) is 3.27. The second-order valence-corrected chi connectivity index (χ2v) is 5.69. The van der Waals surface area contributed by atoms with Gasteiger partial charge in [0.1, 0.15) is 0 Å². The van der Waals surface area contributed by atoms with Crippen molar-refractivity contribution in [3.8, 4) is 0 Å². The lowest BCUT2D eigenvalue weighted by Gasteiger charge is -2.36. The van der Waals surface area contributed by atoms with Gasteiger partial charge in [-0.15, -0.1) is 0 Å². The largest absolute Gasteiger partial charge is 0.371 e. The Morgan fingerprint density at radius 1 is 1.11 bits per heavy atom. The van der Waals surface area contributed by atoms with Crippen molar-refractivity contribution in [2.24, 2.45) is 0 Å². The highest BCUT2D eigenvalue weighted by Crippen LogP contribution is 2.28. The fraction of sp³-hybridized carbons (Fsp3) is 0.625. The van der Waals surface area contributed by atoms with E-state index in [0.717, 1.165) is 6.04 Å². The summed E-state index contributed by atoms with van der Waals surface area (Å²) in [5, 5.41) is 3.41. The normalized spacial score (nSPS) is 24.0. The molecule has 0 aromatic heterocycles. The third-order valence-electron chi connectivity index (χ3n) is 4.40. The first-order chi connectivity index (χ1) is 8.61. The number of rotatable bonds is 3. The smallest absolute Gasteiger partial charge is 0.0398 e. The van der Waals surface area contributed by atoms with E-state index < -0.39 is 0 Å². The van der Waals surface area contributed by atoms with Crippen LogP contribution in [0.25, 0.3) is 0 Å². The molecule has 2 nitrogen and oxygen atoms in total. The van der Waals surface area contributed by atoms with Crippen LogP contribution in [0.2, 0.25) is 0 Å². The molecule has 0 unspecified atom stereocenters. The molecule has 0 bridgehead atoms. The van der Waals surface area contributed by atoms with Crippen molar-refractivity contribution < 1.29 is 0 Å². The molecule has 1 aliphatic carbocycles. The van der Waals surface area contributed by atoms with Gasteiger partial charge < -0.3 is 10.2 Å². The maximum Gasteiger partial charge on any atom is 0.0398 e. The van der Waals surface area contributed by atoms with E-state index in [-0.39, 0.29) is 0 Å². The summed E-state index contributed by atoms with van der Waals surface area (Å²) in [7, 11) is 4.34. The molecule has 2 rings (SSSR count). The Morgan fingerprint density at radius 2 is 1.78 bits per heavy atom. The maximum atomic E-state index is 3.41. The lowest BCUT2D eigenvalue weighted by Crippen LogP contribution is -2.40. The molecular formula is C16H26N2.